The highest BCUT2D eigenvalue weighted by molar-refractivity contribution is 7.16. The molecule has 122 valence electrons. The quantitative estimate of drug-likeness (QED) is 0.519. The van der Waals surface area contributed by atoms with Crippen LogP contribution in [0.1, 0.15) is 24.6 Å². The molecule has 1 aliphatic rings. The number of hydrogen-bond acceptors (Lipinski definition) is 4. The Balaban J connectivity index is 1.91. The molecule has 1 N–H and O–H groups in total. The van der Waals surface area contributed by atoms with Crippen molar-refractivity contribution < 1.29 is 9.53 Å². The number of halogens is 1. The van der Waals surface area contributed by atoms with E-state index in [4.69, 9.17) is 16.3 Å². The number of piperidine rings is 1. The zero-order chi connectivity index (χ0) is 15.9. The second kappa shape index (κ2) is 8.39. The van der Waals surface area contributed by atoms with Gasteiger partial charge in [-0.05, 0) is 31.9 Å². The van der Waals surface area contributed by atoms with E-state index in [1.807, 2.05) is 19.1 Å². The van der Waals surface area contributed by atoms with Crippen LogP contribution < -0.4 is 5.32 Å². The molecule has 1 aromatic rings. The topological polar surface area (TPSA) is 53.9 Å². The van der Waals surface area contributed by atoms with Crippen LogP contribution in [0.2, 0.25) is 4.34 Å². The number of esters is 1. The number of rotatable bonds is 4. The minimum Gasteiger partial charge on any atom is -0.466 e. The first-order chi connectivity index (χ1) is 10.6. The summed E-state index contributed by atoms with van der Waals surface area (Å²) in [6.45, 7) is 4.52. The van der Waals surface area contributed by atoms with Gasteiger partial charge in [-0.3, -0.25) is 9.79 Å². The predicted molar refractivity (Wildman–Crippen MR) is 90.5 cm³/mol. The normalized spacial score (nSPS) is 19.1. The van der Waals surface area contributed by atoms with Gasteiger partial charge in [0.2, 0.25) is 0 Å². The third kappa shape index (κ3) is 4.61. The zero-order valence-corrected chi connectivity index (χ0v) is 14.5. The molecule has 1 fully saturated rings. The third-order valence-corrected chi connectivity index (χ3v) is 4.83. The van der Waals surface area contributed by atoms with E-state index in [9.17, 15) is 4.79 Å². The molecule has 2 heterocycles. The first-order valence-electron chi connectivity index (χ1n) is 7.50. The number of carbonyl (C=O) groups is 1. The third-order valence-electron chi connectivity index (χ3n) is 3.60. The summed E-state index contributed by atoms with van der Waals surface area (Å²) in [4.78, 5) is 19.5. The Morgan fingerprint density at radius 2 is 2.41 bits per heavy atom. The molecular weight excluding hydrogens is 322 g/mol. The Kier molecular flexibility index (Phi) is 6.51. The van der Waals surface area contributed by atoms with Crippen molar-refractivity contribution in [3.05, 3.63) is 21.3 Å². The van der Waals surface area contributed by atoms with Crippen LogP contribution in [0.5, 0.6) is 0 Å². The lowest BCUT2D eigenvalue weighted by Gasteiger charge is -2.33. The van der Waals surface area contributed by atoms with E-state index >= 15 is 0 Å². The number of thiophene rings is 1. The first kappa shape index (κ1) is 17.1. The molecule has 0 unspecified atom stereocenters. The molecule has 22 heavy (non-hydrogen) atoms. The summed E-state index contributed by atoms with van der Waals surface area (Å²) in [5.74, 6) is 0.648. The number of likely N-dealkylation sites (tertiary alicyclic amines) is 1. The summed E-state index contributed by atoms with van der Waals surface area (Å²) in [6, 6.07) is 3.90. The van der Waals surface area contributed by atoms with Gasteiger partial charge >= 0.3 is 5.97 Å². The predicted octanol–water partition coefficient (Wildman–Crippen LogP) is 2.75. The van der Waals surface area contributed by atoms with Crippen LogP contribution in [0.25, 0.3) is 0 Å². The maximum absolute atomic E-state index is 11.9. The fourth-order valence-corrected chi connectivity index (χ4v) is 3.59. The van der Waals surface area contributed by atoms with Gasteiger partial charge in [0.05, 0.1) is 23.4 Å². The lowest BCUT2D eigenvalue weighted by Crippen LogP contribution is -2.48. The summed E-state index contributed by atoms with van der Waals surface area (Å²) in [5, 5.41) is 3.34. The van der Waals surface area contributed by atoms with E-state index in [1.54, 1.807) is 18.4 Å². The molecule has 2 rings (SSSR count). The molecule has 0 aliphatic carbocycles. The van der Waals surface area contributed by atoms with Gasteiger partial charge < -0.3 is 15.0 Å². The lowest BCUT2D eigenvalue weighted by molar-refractivity contribution is -0.149. The molecule has 7 heteroatoms. The van der Waals surface area contributed by atoms with E-state index in [-0.39, 0.29) is 11.9 Å². The molecule has 1 aromatic heterocycles. The van der Waals surface area contributed by atoms with Crippen LogP contribution >= 0.6 is 22.9 Å². The smallest absolute Gasteiger partial charge is 0.310 e. The van der Waals surface area contributed by atoms with Crippen molar-refractivity contribution in [3.8, 4) is 0 Å². The Morgan fingerprint density at radius 1 is 1.59 bits per heavy atom. The van der Waals surface area contributed by atoms with Crippen molar-refractivity contribution in [3.63, 3.8) is 0 Å². The Hall–Kier alpha value is -1.27. The van der Waals surface area contributed by atoms with Gasteiger partial charge in [-0.25, -0.2) is 0 Å². The van der Waals surface area contributed by atoms with Crippen molar-refractivity contribution in [1.82, 2.24) is 10.2 Å². The van der Waals surface area contributed by atoms with Crippen molar-refractivity contribution in [2.24, 2.45) is 10.9 Å². The highest BCUT2D eigenvalue weighted by Gasteiger charge is 2.28. The SMILES string of the molecule is CCOC(=O)[C@@H]1CCCN(C(=NC)NCc2ccc(Cl)s2)C1. The zero-order valence-electron chi connectivity index (χ0n) is 13.0. The van der Waals surface area contributed by atoms with Crippen LogP contribution in [0.4, 0.5) is 0 Å². The summed E-state index contributed by atoms with van der Waals surface area (Å²) < 4.78 is 5.92. The first-order valence-corrected chi connectivity index (χ1v) is 8.70. The van der Waals surface area contributed by atoms with E-state index in [0.717, 1.165) is 34.6 Å². The molecule has 5 nitrogen and oxygen atoms in total. The summed E-state index contributed by atoms with van der Waals surface area (Å²) in [7, 11) is 1.76. The molecule has 0 aromatic carbocycles. The molecular formula is C15H22ClN3O2S. The molecule has 0 amide bonds. The fraction of sp³-hybridized carbons (Fsp3) is 0.600. The minimum absolute atomic E-state index is 0.0663. The highest BCUT2D eigenvalue weighted by atomic mass is 35.5. The Labute approximate surface area is 140 Å². The van der Waals surface area contributed by atoms with Crippen molar-refractivity contribution >= 4 is 34.9 Å². The van der Waals surface area contributed by atoms with Crippen LogP contribution in [0.15, 0.2) is 17.1 Å². The van der Waals surface area contributed by atoms with Gasteiger partial charge in [0, 0.05) is 25.0 Å². The van der Waals surface area contributed by atoms with Crippen molar-refractivity contribution in [2.75, 3.05) is 26.7 Å². The average molecular weight is 344 g/mol. The number of carbonyl (C=O) groups excluding carboxylic acids is 1. The fourth-order valence-electron chi connectivity index (χ4n) is 2.57. The number of hydrogen-bond donors (Lipinski definition) is 1. The van der Waals surface area contributed by atoms with Gasteiger partial charge in [-0.2, -0.15) is 0 Å². The van der Waals surface area contributed by atoms with Crippen LogP contribution in [0.3, 0.4) is 0 Å². The maximum Gasteiger partial charge on any atom is 0.310 e. The standard InChI is InChI=1S/C15H22ClN3O2S/c1-3-21-14(20)11-5-4-8-19(10-11)15(17-2)18-9-12-6-7-13(16)22-12/h6-7,11H,3-5,8-10H2,1-2H3,(H,17,18)/t11-/m1/s1. The number of aliphatic imine (C=N–C) groups is 1. The van der Waals surface area contributed by atoms with E-state index in [1.165, 1.54) is 0 Å². The molecule has 0 saturated carbocycles. The van der Waals surface area contributed by atoms with Crippen molar-refractivity contribution in [1.29, 1.82) is 0 Å². The van der Waals surface area contributed by atoms with Crippen molar-refractivity contribution in [2.45, 2.75) is 26.3 Å². The summed E-state index contributed by atoms with van der Waals surface area (Å²) in [6.07, 6.45) is 1.85. The number of guanidine groups is 1. The number of nitrogens with zero attached hydrogens (tertiary/aromatic N) is 2. The van der Waals surface area contributed by atoms with Gasteiger partial charge in [0.15, 0.2) is 5.96 Å². The maximum atomic E-state index is 11.9. The molecule has 1 atom stereocenters. The van der Waals surface area contributed by atoms with Gasteiger partial charge in [0.1, 0.15) is 0 Å². The molecule has 1 aliphatic heterocycles. The van der Waals surface area contributed by atoms with E-state index in [0.29, 0.717) is 19.7 Å². The Bertz CT molecular complexity index is 533. The molecule has 0 spiro atoms. The molecule has 0 radical (unpaired) electrons. The second-order valence-corrected chi connectivity index (χ2v) is 6.94. The van der Waals surface area contributed by atoms with Gasteiger partial charge in [-0.15, -0.1) is 11.3 Å². The second-order valence-electron chi connectivity index (χ2n) is 5.14. The van der Waals surface area contributed by atoms with E-state index in [2.05, 4.69) is 15.2 Å². The Morgan fingerprint density at radius 3 is 3.05 bits per heavy atom. The minimum atomic E-state index is -0.104. The van der Waals surface area contributed by atoms with Crippen LogP contribution in [-0.2, 0) is 16.1 Å². The van der Waals surface area contributed by atoms with E-state index < -0.39 is 0 Å². The van der Waals surface area contributed by atoms with Crippen LogP contribution in [0, 0.1) is 5.92 Å². The van der Waals surface area contributed by atoms with Gasteiger partial charge in [0.25, 0.3) is 0 Å². The highest BCUT2D eigenvalue weighted by Crippen LogP contribution is 2.21. The summed E-state index contributed by atoms with van der Waals surface area (Å²) in [5.41, 5.74) is 0. The lowest BCUT2D eigenvalue weighted by atomic mass is 9.98. The average Bonchev–Trinajstić information content (AvgIpc) is 2.94. The van der Waals surface area contributed by atoms with Crippen LogP contribution in [-0.4, -0.2) is 43.6 Å². The summed E-state index contributed by atoms with van der Waals surface area (Å²) >= 11 is 7.49. The molecule has 1 saturated heterocycles. The number of nitrogens with one attached hydrogen (secondary N) is 1. The van der Waals surface area contributed by atoms with Gasteiger partial charge in [-0.1, -0.05) is 11.6 Å². The largest absolute Gasteiger partial charge is 0.466 e. The monoisotopic (exact) mass is 343 g/mol. The number of ether oxygens (including phenoxy) is 1. The molecule has 0 bridgehead atoms.